The summed E-state index contributed by atoms with van der Waals surface area (Å²) in [4.78, 5) is 16.8. The summed E-state index contributed by atoms with van der Waals surface area (Å²) in [5, 5.41) is 0. The van der Waals surface area contributed by atoms with Gasteiger partial charge in [-0.15, -0.1) is 6.58 Å². The lowest BCUT2D eigenvalue weighted by molar-refractivity contribution is 0.0787. The molecule has 1 heterocycles. The van der Waals surface area contributed by atoms with Gasteiger partial charge in [0.2, 0.25) is 5.95 Å². The molecule has 0 bridgehead atoms. The standard InChI is InChI=1S/C12H15FN2O/c1-3-4-5-9-15(2)12(16)10-7-6-8-11(13)14-10/h3,6-8H,1,4-5,9H2,2H3. The number of rotatable bonds is 5. The highest BCUT2D eigenvalue weighted by Gasteiger charge is 2.12. The second-order valence-electron chi connectivity index (χ2n) is 3.50. The van der Waals surface area contributed by atoms with Crippen LogP contribution in [0.5, 0.6) is 0 Å². The van der Waals surface area contributed by atoms with Crippen molar-refractivity contribution in [3.63, 3.8) is 0 Å². The van der Waals surface area contributed by atoms with Gasteiger partial charge in [-0.05, 0) is 25.0 Å². The fourth-order valence-electron chi connectivity index (χ4n) is 1.30. The average molecular weight is 222 g/mol. The normalized spacial score (nSPS) is 9.88. The molecule has 0 N–H and O–H groups in total. The van der Waals surface area contributed by atoms with Crippen LogP contribution in [0, 0.1) is 5.95 Å². The smallest absolute Gasteiger partial charge is 0.272 e. The maximum absolute atomic E-state index is 12.8. The third kappa shape index (κ3) is 3.46. The maximum atomic E-state index is 12.8. The van der Waals surface area contributed by atoms with Crippen LogP contribution in [0.15, 0.2) is 30.9 Å². The Bertz CT molecular complexity index is 379. The number of nitrogens with zero attached hydrogens (tertiary/aromatic N) is 2. The molecule has 0 aliphatic rings. The zero-order chi connectivity index (χ0) is 12.0. The summed E-state index contributed by atoms with van der Waals surface area (Å²) >= 11 is 0. The molecule has 0 radical (unpaired) electrons. The van der Waals surface area contributed by atoms with E-state index in [9.17, 15) is 9.18 Å². The Morgan fingerprint density at radius 3 is 3.00 bits per heavy atom. The fraction of sp³-hybridized carbons (Fsp3) is 0.333. The molecule has 4 heteroatoms. The van der Waals surface area contributed by atoms with Crippen molar-refractivity contribution in [1.29, 1.82) is 0 Å². The second-order valence-corrected chi connectivity index (χ2v) is 3.50. The average Bonchev–Trinajstić information content (AvgIpc) is 2.28. The number of pyridine rings is 1. The number of amides is 1. The van der Waals surface area contributed by atoms with Crippen molar-refractivity contribution in [3.05, 3.63) is 42.5 Å². The number of carbonyl (C=O) groups excluding carboxylic acids is 1. The maximum Gasteiger partial charge on any atom is 0.272 e. The van der Waals surface area contributed by atoms with Crippen molar-refractivity contribution >= 4 is 5.91 Å². The first-order chi connectivity index (χ1) is 7.65. The minimum Gasteiger partial charge on any atom is -0.340 e. The van der Waals surface area contributed by atoms with Gasteiger partial charge in [-0.25, -0.2) is 4.98 Å². The summed E-state index contributed by atoms with van der Waals surface area (Å²) in [7, 11) is 1.68. The topological polar surface area (TPSA) is 33.2 Å². The van der Waals surface area contributed by atoms with Crippen LogP contribution in [-0.2, 0) is 0 Å². The lowest BCUT2D eigenvalue weighted by atomic mass is 10.2. The Balaban J connectivity index is 2.59. The summed E-state index contributed by atoms with van der Waals surface area (Å²) < 4.78 is 12.8. The molecule has 1 rings (SSSR count). The van der Waals surface area contributed by atoms with E-state index >= 15 is 0 Å². The minimum absolute atomic E-state index is 0.140. The largest absolute Gasteiger partial charge is 0.340 e. The summed E-state index contributed by atoms with van der Waals surface area (Å²) in [6.45, 7) is 4.22. The van der Waals surface area contributed by atoms with E-state index in [-0.39, 0.29) is 11.6 Å². The van der Waals surface area contributed by atoms with Gasteiger partial charge in [-0.1, -0.05) is 12.1 Å². The lowest BCUT2D eigenvalue weighted by Gasteiger charge is -2.15. The molecule has 1 amide bonds. The van der Waals surface area contributed by atoms with Gasteiger partial charge in [0.05, 0.1) is 0 Å². The molecule has 0 unspecified atom stereocenters. The van der Waals surface area contributed by atoms with Gasteiger partial charge in [0.15, 0.2) is 0 Å². The first-order valence-corrected chi connectivity index (χ1v) is 5.14. The predicted molar refractivity (Wildman–Crippen MR) is 60.6 cm³/mol. The lowest BCUT2D eigenvalue weighted by Crippen LogP contribution is -2.28. The number of allylic oxidation sites excluding steroid dienone is 1. The number of unbranched alkanes of at least 4 members (excludes halogenated alkanes) is 1. The third-order valence-corrected chi connectivity index (χ3v) is 2.18. The van der Waals surface area contributed by atoms with Crippen LogP contribution in [0.3, 0.4) is 0 Å². The molecule has 0 aliphatic carbocycles. The molecule has 0 saturated carbocycles. The van der Waals surface area contributed by atoms with Crippen LogP contribution in [-0.4, -0.2) is 29.4 Å². The molecule has 0 fully saturated rings. The number of hydrogen-bond acceptors (Lipinski definition) is 2. The highest BCUT2D eigenvalue weighted by Crippen LogP contribution is 2.03. The van der Waals surface area contributed by atoms with Crippen molar-refractivity contribution in [2.45, 2.75) is 12.8 Å². The Labute approximate surface area is 94.6 Å². The highest BCUT2D eigenvalue weighted by atomic mass is 19.1. The zero-order valence-corrected chi connectivity index (χ0v) is 9.32. The first kappa shape index (κ1) is 12.4. The van der Waals surface area contributed by atoms with Gasteiger partial charge in [0.1, 0.15) is 5.69 Å². The molecule has 1 aromatic heterocycles. The molecule has 0 aromatic carbocycles. The van der Waals surface area contributed by atoms with Crippen molar-refractivity contribution < 1.29 is 9.18 Å². The fourth-order valence-corrected chi connectivity index (χ4v) is 1.30. The van der Waals surface area contributed by atoms with Crippen molar-refractivity contribution in [1.82, 2.24) is 9.88 Å². The summed E-state index contributed by atoms with van der Waals surface area (Å²) in [6.07, 6.45) is 3.51. The molecule has 86 valence electrons. The van der Waals surface area contributed by atoms with Crippen LogP contribution in [0.1, 0.15) is 23.3 Å². The van der Waals surface area contributed by atoms with Crippen LogP contribution >= 0.6 is 0 Å². The monoisotopic (exact) mass is 222 g/mol. The summed E-state index contributed by atoms with van der Waals surface area (Å²) in [6, 6.07) is 4.21. The van der Waals surface area contributed by atoms with E-state index < -0.39 is 5.95 Å². The second kappa shape index (κ2) is 6.00. The molecular weight excluding hydrogens is 207 g/mol. The van der Waals surface area contributed by atoms with Gasteiger partial charge < -0.3 is 4.90 Å². The SMILES string of the molecule is C=CCCCN(C)C(=O)c1cccc(F)n1. The third-order valence-electron chi connectivity index (χ3n) is 2.18. The summed E-state index contributed by atoms with van der Waals surface area (Å²) in [5.41, 5.74) is 0.140. The Morgan fingerprint density at radius 2 is 2.38 bits per heavy atom. The van der Waals surface area contributed by atoms with E-state index in [2.05, 4.69) is 11.6 Å². The summed E-state index contributed by atoms with van der Waals surface area (Å²) in [5.74, 6) is -0.895. The van der Waals surface area contributed by atoms with E-state index in [1.54, 1.807) is 13.1 Å². The van der Waals surface area contributed by atoms with Gasteiger partial charge >= 0.3 is 0 Å². The van der Waals surface area contributed by atoms with Gasteiger partial charge in [-0.3, -0.25) is 4.79 Å². The van der Waals surface area contributed by atoms with E-state index in [0.29, 0.717) is 6.54 Å². The molecule has 3 nitrogen and oxygen atoms in total. The van der Waals surface area contributed by atoms with Crippen molar-refractivity contribution in [3.8, 4) is 0 Å². The predicted octanol–water partition coefficient (Wildman–Crippen LogP) is 2.26. The molecule has 1 aromatic rings. The van der Waals surface area contributed by atoms with Crippen LogP contribution in [0.4, 0.5) is 4.39 Å². The van der Waals surface area contributed by atoms with Crippen molar-refractivity contribution in [2.75, 3.05) is 13.6 Å². The van der Waals surface area contributed by atoms with E-state index in [4.69, 9.17) is 0 Å². The molecule has 0 aliphatic heterocycles. The first-order valence-electron chi connectivity index (χ1n) is 5.14. The van der Waals surface area contributed by atoms with Gasteiger partial charge in [0, 0.05) is 13.6 Å². The van der Waals surface area contributed by atoms with Crippen LogP contribution < -0.4 is 0 Å². The van der Waals surface area contributed by atoms with Gasteiger partial charge in [-0.2, -0.15) is 4.39 Å². The quantitative estimate of drug-likeness (QED) is 0.435. The Morgan fingerprint density at radius 1 is 1.62 bits per heavy atom. The van der Waals surface area contributed by atoms with Crippen molar-refractivity contribution in [2.24, 2.45) is 0 Å². The number of carbonyl (C=O) groups is 1. The highest BCUT2D eigenvalue weighted by molar-refractivity contribution is 5.92. The molecule has 0 saturated heterocycles. The molecule has 16 heavy (non-hydrogen) atoms. The molecule has 0 spiro atoms. The number of hydrogen-bond donors (Lipinski definition) is 0. The Kier molecular flexibility index (Phi) is 4.64. The van der Waals surface area contributed by atoms with Crippen LogP contribution in [0.25, 0.3) is 0 Å². The van der Waals surface area contributed by atoms with E-state index in [0.717, 1.165) is 12.8 Å². The van der Waals surface area contributed by atoms with E-state index in [1.165, 1.54) is 23.1 Å². The Hall–Kier alpha value is -1.71. The molecular formula is C12H15FN2O. The minimum atomic E-state index is -0.634. The molecule has 0 atom stereocenters. The van der Waals surface area contributed by atoms with Gasteiger partial charge in [0.25, 0.3) is 5.91 Å². The number of aromatic nitrogens is 1. The van der Waals surface area contributed by atoms with Crippen LogP contribution in [0.2, 0.25) is 0 Å². The zero-order valence-electron chi connectivity index (χ0n) is 9.32. The van der Waals surface area contributed by atoms with E-state index in [1.807, 2.05) is 0 Å². The number of halogens is 1.